The van der Waals surface area contributed by atoms with Crippen molar-refractivity contribution in [2.24, 2.45) is 5.73 Å². The van der Waals surface area contributed by atoms with Gasteiger partial charge in [-0.3, -0.25) is 0 Å². The average molecular weight is 310 g/mol. The Morgan fingerprint density at radius 3 is 2.75 bits per heavy atom. The summed E-state index contributed by atoms with van der Waals surface area (Å²) in [6.45, 7) is 1.99. The van der Waals surface area contributed by atoms with Crippen LogP contribution in [0.15, 0.2) is 36.4 Å². The summed E-state index contributed by atoms with van der Waals surface area (Å²) in [6, 6.07) is 9.80. The third-order valence-corrected chi connectivity index (χ3v) is 3.33. The van der Waals surface area contributed by atoms with Gasteiger partial charge in [0.05, 0.1) is 0 Å². The van der Waals surface area contributed by atoms with Crippen molar-refractivity contribution in [3.63, 3.8) is 0 Å². The van der Waals surface area contributed by atoms with Gasteiger partial charge in [0.25, 0.3) is 0 Å². The first-order valence-electron chi connectivity index (χ1n) is 5.94. The van der Waals surface area contributed by atoms with Crippen LogP contribution < -0.4 is 10.5 Å². The molecule has 0 bridgehead atoms. The zero-order chi connectivity index (χ0) is 14.7. The molecule has 0 saturated carbocycles. The lowest BCUT2D eigenvalue weighted by atomic mass is 10.1. The molecule has 2 aromatic carbocycles. The summed E-state index contributed by atoms with van der Waals surface area (Å²) < 4.78 is 19.2. The number of thiocarbonyl (C=S) groups is 1. The largest absolute Gasteiger partial charge is 0.489 e. The van der Waals surface area contributed by atoms with E-state index in [9.17, 15) is 4.39 Å². The Morgan fingerprint density at radius 1 is 1.30 bits per heavy atom. The normalized spacial score (nSPS) is 10.3. The highest BCUT2D eigenvalue weighted by molar-refractivity contribution is 7.80. The Hall–Kier alpha value is -1.65. The second-order valence-electron chi connectivity index (χ2n) is 4.37. The minimum absolute atomic E-state index is 0.0913. The third kappa shape index (κ3) is 3.46. The fraction of sp³-hybridized carbons (Fsp3) is 0.133. The summed E-state index contributed by atoms with van der Waals surface area (Å²) >= 11 is 10.8. The number of ether oxygens (including phenoxy) is 1. The topological polar surface area (TPSA) is 35.2 Å². The van der Waals surface area contributed by atoms with Gasteiger partial charge in [0.15, 0.2) is 0 Å². The molecule has 104 valence electrons. The Bertz CT molecular complexity index is 660. The van der Waals surface area contributed by atoms with E-state index in [1.807, 2.05) is 19.1 Å². The van der Waals surface area contributed by atoms with E-state index in [4.69, 9.17) is 34.3 Å². The van der Waals surface area contributed by atoms with Crippen molar-refractivity contribution in [1.29, 1.82) is 0 Å². The molecule has 0 aliphatic carbocycles. The number of hydrogen-bond donors (Lipinski definition) is 1. The van der Waals surface area contributed by atoms with Crippen molar-refractivity contribution < 1.29 is 9.13 Å². The fourth-order valence-electron chi connectivity index (χ4n) is 1.72. The molecule has 2 aromatic rings. The first-order chi connectivity index (χ1) is 9.47. The van der Waals surface area contributed by atoms with Crippen LogP contribution in [0.4, 0.5) is 4.39 Å². The van der Waals surface area contributed by atoms with Gasteiger partial charge in [-0.1, -0.05) is 36.0 Å². The SMILES string of the molecule is Cc1ccc(C(N)=S)cc1OCc1cc(Cl)ccc1F. The highest BCUT2D eigenvalue weighted by Crippen LogP contribution is 2.22. The van der Waals surface area contributed by atoms with Gasteiger partial charge in [-0.05, 0) is 36.8 Å². The molecule has 0 aromatic heterocycles. The van der Waals surface area contributed by atoms with E-state index in [1.54, 1.807) is 12.1 Å². The van der Waals surface area contributed by atoms with E-state index in [2.05, 4.69) is 0 Å². The zero-order valence-electron chi connectivity index (χ0n) is 10.8. The van der Waals surface area contributed by atoms with Crippen LogP contribution in [0.2, 0.25) is 5.02 Å². The van der Waals surface area contributed by atoms with Gasteiger partial charge in [-0.25, -0.2) is 4.39 Å². The summed E-state index contributed by atoms with van der Waals surface area (Å²) in [7, 11) is 0. The fourth-order valence-corrected chi connectivity index (χ4v) is 2.04. The van der Waals surface area contributed by atoms with Gasteiger partial charge in [0.1, 0.15) is 23.2 Å². The van der Waals surface area contributed by atoms with Crippen molar-refractivity contribution in [3.05, 3.63) is 63.9 Å². The molecular formula is C15H13ClFNOS. The van der Waals surface area contributed by atoms with Crippen LogP contribution in [0.25, 0.3) is 0 Å². The molecule has 20 heavy (non-hydrogen) atoms. The number of halogens is 2. The molecule has 2 nitrogen and oxygen atoms in total. The summed E-state index contributed by atoms with van der Waals surface area (Å²) in [6.07, 6.45) is 0. The molecule has 5 heteroatoms. The Balaban J connectivity index is 2.20. The van der Waals surface area contributed by atoms with Gasteiger partial charge >= 0.3 is 0 Å². The summed E-state index contributed by atoms with van der Waals surface area (Å²) in [5, 5.41) is 0.471. The molecule has 0 atom stereocenters. The van der Waals surface area contributed by atoms with Crippen molar-refractivity contribution in [2.45, 2.75) is 13.5 Å². The second-order valence-corrected chi connectivity index (χ2v) is 5.25. The number of nitrogens with two attached hydrogens (primary N) is 1. The monoisotopic (exact) mass is 309 g/mol. The number of hydrogen-bond acceptors (Lipinski definition) is 2. The number of rotatable bonds is 4. The molecule has 0 radical (unpaired) electrons. The smallest absolute Gasteiger partial charge is 0.129 e. The van der Waals surface area contributed by atoms with Gasteiger partial charge in [0, 0.05) is 16.1 Å². The third-order valence-electron chi connectivity index (χ3n) is 2.86. The quantitative estimate of drug-likeness (QED) is 0.867. The standard InChI is InChI=1S/C15H13ClFNOS/c1-9-2-3-10(15(18)20)7-14(9)19-8-11-6-12(16)4-5-13(11)17/h2-7H,8H2,1H3,(H2,18,20). The van der Waals surface area contributed by atoms with Gasteiger partial charge < -0.3 is 10.5 Å². The number of benzene rings is 2. The molecule has 0 aliphatic heterocycles. The maximum Gasteiger partial charge on any atom is 0.129 e. The highest BCUT2D eigenvalue weighted by Gasteiger charge is 2.07. The predicted octanol–water partition coefficient (Wildman–Crippen LogP) is 4.00. The lowest BCUT2D eigenvalue weighted by Gasteiger charge is -2.11. The van der Waals surface area contributed by atoms with E-state index < -0.39 is 0 Å². The van der Waals surface area contributed by atoms with E-state index in [0.717, 1.165) is 5.56 Å². The van der Waals surface area contributed by atoms with Crippen LogP contribution in [0.3, 0.4) is 0 Å². The number of aryl methyl sites for hydroxylation is 1. The molecule has 0 saturated heterocycles. The molecule has 0 amide bonds. The van der Waals surface area contributed by atoms with E-state index in [-0.39, 0.29) is 12.4 Å². The van der Waals surface area contributed by atoms with E-state index in [0.29, 0.717) is 26.9 Å². The zero-order valence-corrected chi connectivity index (χ0v) is 12.4. The van der Waals surface area contributed by atoms with E-state index >= 15 is 0 Å². The molecule has 2 rings (SSSR count). The first kappa shape index (κ1) is 14.8. The van der Waals surface area contributed by atoms with Gasteiger partial charge in [0.2, 0.25) is 0 Å². The molecule has 0 fully saturated rings. The Kier molecular flexibility index (Phi) is 4.57. The van der Waals surface area contributed by atoms with Crippen LogP contribution in [-0.4, -0.2) is 4.99 Å². The van der Waals surface area contributed by atoms with Crippen LogP contribution in [0, 0.1) is 12.7 Å². The summed E-state index contributed by atoms with van der Waals surface area (Å²) in [5.74, 6) is 0.271. The van der Waals surface area contributed by atoms with Gasteiger partial charge in [-0.2, -0.15) is 0 Å². The second kappa shape index (κ2) is 6.20. The molecular weight excluding hydrogens is 297 g/mol. The van der Waals surface area contributed by atoms with Crippen LogP contribution in [-0.2, 0) is 6.61 Å². The van der Waals surface area contributed by atoms with E-state index in [1.165, 1.54) is 12.1 Å². The average Bonchev–Trinajstić information content (AvgIpc) is 2.41. The van der Waals surface area contributed by atoms with Crippen LogP contribution in [0.5, 0.6) is 5.75 Å². The molecule has 0 heterocycles. The van der Waals surface area contributed by atoms with Crippen LogP contribution >= 0.6 is 23.8 Å². The van der Waals surface area contributed by atoms with Crippen LogP contribution in [0.1, 0.15) is 16.7 Å². The lowest BCUT2D eigenvalue weighted by molar-refractivity contribution is 0.298. The summed E-state index contributed by atoms with van der Waals surface area (Å²) in [4.78, 5) is 0.295. The molecule has 0 spiro atoms. The van der Waals surface area contributed by atoms with Crippen molar-refractivity contribution in [3.8, 4) is 5.75 Å². The van der Waals surface area contributed by atoms with Crippen molar-refractivity contribution in [2.75, 3.05) is 0 Å². The first-order valence-corrected chi connectivity index (χ1v) is 6.73. The maximum absolute atomic E-state index is 13.6. The molecule has 2 N–H and O–H groups in total. The molecule has 0 unspecified atom stereocenters. The molecule has 0 aliphatic rings. The van der Waals surface area contributed by atoms with Crippen molar-refractivity contribution >= 4 is 28.8 Å². The highest BCUT2D eigenvalue weighted by atomic mass is 35.5. The summed E-state index contributed by atoms with van der Waals surface area (Å²) in [5.41, 5.74) is 7.62. The van der Waals surface area contributed by atoms with Gasteiger partial charge in [-0.15, -0.1) is 0 Å². The predicted molar refractivity (Wildman–Crippen MR) is 82.8 cm³/mol. The lowest BCUT2D eigenvalue weighted by Crippen LogP contribution is -2.10. The Labute approximate surface area is 127 Å². The minimum Gasteiger partial charge on any atom is -0.489 e. The minimum atomic E-state index is -0.349. The van der Waals surface area contributed by atoms with Crippen molar-refractivity contribution in [1.82, 2.24) is 0 Å². The Morgan fingerprint density at radius 2 is 2.05 bits per heavy atom. The maximum atomic E-state index is 13.6.